The van der Waals surface area contributed by atoms with Crippen LogP contribution in [0.15, 0.2) is 12.3 Å². The van der Waals surface area contributed by atoms with Gasteiger partial charge in [-0.25, -0.2) is 9.78 Å². The Balaban J connectivity index is 2.58. The lowest BCUT2D eigenvalue weighted by molar-refractivity contribution is 0.0636. The molecule has 0 aromatic carbocycles. The molecule has 0 radical (unpaired) electrons. The van der Waals surface area contributed by atoms with Crippen molar-refractivity contribution in [1.29, 1.82) is 5.26 Å². The molecule has 1 rings (SSSR count). The third-order valence-electron chi connectivity index (χ3n) is 1.45. The highest BCUT2D eigenvalue weighted by Gasteiger charge is 2.16. The maximum atomic E-state index is 11.4. The van der Waals surface area contributed by atoms with Gasteiger partial charge >= 0.3 is 6.09 Å². The molecule has 0 atom stereocenters. The van der Waals surface area contributed by atoms with Crippen molar-refractivity contribution in [2.24, 2.45) is 0 Å². The van der Waals surface area contributed by atoms with Gasteiger partial charge in [-0.2, -0.15) is 5.26 Å². The van der Waals surface area contributed by atoms with Gasteiger partial charge in [0.1, 0.15) is 5.60 Å². The molecule has 0 unspecified atom stereocenters. The van der Waals surface area contributed by atoms with Crippen LogP contribution in [0.1, 0.15) is 25.6 Å². The zero-order valence-electron chi connectivity index (χ0n) is 9.85. The highest BCUT2D eigenvalue weighted by Crippen LogP contribution is 2.20. The van der Waals surface area contributed by atoms with Crippen LogP contribution in [-0.2, 0) is 4.74 Å². The van der Waals surface area contributed by atoms with Crippen molar-refractivity contribution < 1.29 is 9.53 Å². The van der Waals surface area contributed by atoms with Crippen LogP contribution in [-0.4, -0.2) is 16.7 Å². The van der Waals surface area contributed by atoms with Crippen molar-refractivity contribution in [1.82, 2.24) is 4.98 Å². The molecular formula is C11H13N3O2S. The van der Waals surface area contributed by atoms with Gasteiger partial charge in [0.2, 0.25) is 0 Å². The molecule has 0 aliphatic heterocycles. The van der Waals surface area contributed by atoms with Gasteiger partial charge < -0.3 is 4.74 Å². The summed E-state index contributed by atoms with van der Waals surface area (Å²) in [5.74, 6) is 0. The molecule has 0 saturated carbocycles. The molecule has 0 saturated heterocycles. The first-order chi connectivity index (χ1) is 7.90. The first-order valence-corrected chi connectivity index (χ1v) is 5.74. The van der Waals surface area contributed by atoms with Gasteiger partial charge in [0, 0.05) is 17.2 Å². The number of carbonyl (C=O) groups excluding carboxylic acids is 1. The molecule has 0 aliphatic rings. The van der Waals surface area contributed by atoms with E-state index in [1.54, 1.807) is 33.0 Å². The van der Waals surface area contributed by atoms with Crippen LogP contribution in [0.25, 0.3) is 6.08 Å². The van der Waals surface area contributed by atoms with Gasteiger partial charge in [0.25, 0.3) is 0 Å². The Bertz CT molecular complexity index is 466. The van der Waals surface area contributed by atoms with Crippen LogP contribution in [0.5, 0.6) is 0 Å². The van der Waals surface area contributed by atoms with E-state index in [-0.39, 0.29) is 0 Å². The number of rotatable bonds is 2. The number of carbonyl (C=O) groups is 1. The van der Waals surface area contributed by atoms with Gasteiger partial charge in [0.15, 0.2) is 5.13 Å². The third kappa shape index (κ3) is 5.13. The zero-order chi connectivity index (χ0) is 12.9. The smallest absolute Gasteiger partial charge is 0.413 e. The van der Waals surface area contributed by atoms with E-state index in [0.29, 0.717) is 5.13 Å². The Kier molecular flexibility index (Phi) is 4.24. The lowest BCUT2D eigenvalue weighted by Gasteiger charge is -2.18. The molecule has 6 heteroatoms. The summed E-state index contributed by atoms with van der Waals surface area (Å²) in [6, 6.07) is 1.88. The standard InChI is InChI=1S/C11H13N3O2S/c1-11(2,3)16-10(15)14-9-13-7-8(17-9)5-4-6-12/h4-5,7H,1-3H3,(H,13,14,15). The molecule has 1 aromatic rings. The molecular weight excluding hydrogens is 238 g/mol. The topological polar surface area (TPSA) is 75.0 Å². The summed E-state index contributed by atoms with van der Waals surface area (Å²) in [6.45, 7) is 5.36. The molecule has 17 heavy (non-hydrogen) atoms. The maximum Gasteiger partial charge on any atom is 0.413 e. The van der Waals surface area contributed by atoms with Gasteiger partial charge in [0.05, 0.1) is 6.07 Å². The van der Waals surface area contributed by atoms with E-state index in [2.05, 4.69) is 10.3 Å². The van der Waals surface area contributed by atoms with Crippen molar-refractivity contribution in [3.63, 3.8) is 0 Å². The first-order valence-electron chi connectivity index (χ1n) is 4.93. The quantitative estimate of drug-likeness (QED) is 0.820. The Morgan fingerprint density at radius 1 is 1.65 bits per heavy atom. The summed E-state index contributed by atoms with van der Waals surface area (Å²) in [5, 5.41) is 11.3. The van der Waals surface area contributed by atoms with Crippen LogP contribution in [0.3, 0.4) is 0 Å². The fraction of sp³-hybridized carbons (Fsp3) is 0.364. The molecule has 1 heterocycles. The van der Waals surface area contributed by atoms with Crippen LogP contribution >= 0.6 is 11.3 Å². The number of nitrogens with zero attached hydrogens (tertiary/aromatic N) is 2. The molecule has 0 fully saturated rings. The second-order valence-corrected chi connectivity index (χ2v) is 5.22. The molecule has 0 bridgehead atoms. The van der Waals surface area contributed by atoms with Crippen LogP contribution in [0, 0.1) is 11.3 Å². The average molecular weight is 251 g/mol. The summed E-state index contributed by atoms with van der Waals surface area (Å²) < 4.78 is 5.08. The van der Waals surface area contributed by atoms with Crippen LogP contribution in [0.4, 0.5) is 9.93 Å². The Labute approximate surface area is 104 Å². The minimum absolute atomic E-state index is 0.442. The van der Waals surface area contributed by atoms with Crippen molar-refractivity contribution in [3.05, 3.63) is 17.2 Å². The predicted molar refractivity (Wildman–Crippen MR) is 66.6 cm³/mol. The van der Waals surface area contributed by atoms with E-state index in [9.17, 15) is 4.79 Å². The number of thiazole rings is 1. The number of ether oxygens (including phenoxy) is 1. The fourth-order valence-electron chi connectivity index (χ4n) is 0.932. The Morgan fingerprint density at radius 3 is 2.94 bits per heavy atom. The second-order valence-electron chi connectivity index (χ2n) is 4.16. The Morgan fingerprint density at radius 2 is 2.35 bits per heavy atom. The van der Waals surface area contributed by atoms with Gasteiger partial charge in [-0.05, 0) is 26.8 Å². The van der Waals surface area contributed by atoms with E-state index in [1.807, 2.05) is 6.07 Å². The molecule has 1 N–H and O–H groups in total. The van der Waals surface area contributed by atoms with Crippen LogP contribution < -0.4 is 5.32 Å². The minimum atomic E-state index is -0.539. The highest BCUT2D eigenvalue weighted by molar-refractivity contribution is 7.16. The van der Waals surface area contributed by atoms with E-state index in [1.165, 1.54) is 17.4 Å². The van der Waals surface area contributed by atoms with E-state index in [4.69, 9.17) is 10.00 Å². The zero-order valence-corrected chi connectivity index (χ0v) is 10.7. The van der Waals surface area contributed by atoms with Crippen molar-refractivity contribution in [2.45, 2.75) is 26.4 Å². The average Bonchev–Trinajstić information content (AvgIpc) is 2.59. The number of amides is 1. The molecule has 1 aromatic heterocycles. The number of hydrogen-bond donors (Lipinski definition) is 1. The summed E-state index contributed by atoms with van der Waals surface area (Å²) in [4.78, 5) is 16.2. The monoisotopic (exact) mass is 251 g/mol. The number of aromatic nitrogens is 1. The third-order valence-corrected chi connectivity index (χ3v) is 2.33. The number of hydrogen-bond acceptors (Lipinski definition) is 5. The van der Waals surface area contributed by atoms with Crippen molar-refractivity contribution in [2.75, 3.05) is 5.32 Å². The summed E-state index contributed by atoms with van der Waals surface area (Å²) in [5.41, 5.74) is -0.537. The molecule has 1 amide bonds. The van der Waals surface area contributed by atoms with Gasteiger partial charge in [-0.3, -0.25) is 5.32 Å². The fourth-order valence-corrected chi connectivity index (χ4v) is 1.64. The highest BCUT2D eigenvalue weighted by atomic mass is 32.1. The minimum Gasteiger partial charge on any atom is -0.444 e. The number of anilines is 1. The molecule has 90 valence electrons. The molecule has 0 spiro atoms. The Hall–Kier alpha value is -1.87. The number of allylic oxidation sites excluding steroid dienone is 1. The normalized spacial score (nSPS) is 11.2. The number of nitriles is 1. The maximum absolute atomic E-state index is 11.4. The van der Waals surface area contributed by atoms with Gasteiger partial charge in [-0.15, -0.1) is 0 Å². The van der Waals surface area contributed by atoms with E-state index < -0.39 is 11.7 Å². The number of nitrogens with one attached hydrogen (secondary N) is 1. The van der Waals surface area contributed by atoms with Gasteiger partial charge in [-0.1, -0.05) is 11.3 Å². The lowest BCUT2D eigenvalue weighted by Crippen LogP contribution is -2.27. The van der Waals surface area contributed by atoms with Crippen LogP contribution in [0.2, 0.25) is 0 Å². The lowest BCUT2D eigenvalue weighted by atomic mass is 10.2. The second kappa shape index (κ2) is 5.46. The summed E-state index contributed by atoms with van der Waals surface area (Å²) in [6.07, 6.45) is 4.01. The summed E-state index contributed by atoms with van der Waals surface area (Å²) >= 11 is 1.27. The largest absolute Gasteiger partial charge is 0.444 e. The molecule has 5 nitrogen and oxygen atoms in total. The predicted octanol–water partition coefficient (Wildman–Crippen LogP) is 3.03. The SMILES string of the molecule is CC(C)(C)OC(=O)Nc1ncc(C=CC#N)s1. The molecule has 0 aliphatic carbocycles. The van der Waals surface area contributed by atoms with Crippen molar-refractivity contribution >= 4 is 28.6 Å². The van der Waals surface area contributed by atoms with E-state index >= 15 is 0 Å². The van der Waals surface area contributed by atoms with E-state index in [0.717, 1.165) is 4.88 Å². The summed E-state index contributed by atoms with van der Waals surface area (Å²) in [7, 11) is 0. The van der Waals surface area contributed by atoms with Crippen molar-refractivity contribution in [3.8, 4) is 6.07 Å². The first kappa shape index (κ1) is 13.2.